The second kappa shape index (κ2) is 5.52. The Hall–Kier alpha value is -0.820. The number of hydrogen-bond donors (Lipinski definition) is 0. The Kier molecular flexibility index (Phi) is 3.90. The molecule has 0 amide bonds. The normalized spacial score (nSPS) is 21.2. The van der Waals surface area contributed by atoms with Crippen LogP contribution >= 0.6 is 11.6 Å². The molecule has 0 unspecified atom stereocenters. The van der Waals surface area contributed by atoms with Crippen LogP contribution in [0.2, 0.25) is 5.02 Å². The number of rotatable bonds is 2. The summed E-state index contributed by atoms with van der Waals surface area (Å²) in [5, 5.41) is 0.591. The summed E-state index contributed by atoms with van der Waals surface area (Å²) in [7, 11) is -3.40. The highest BCUT2D eigenvalue weighted by atomic mass is 35.5. The zero-order valence-corrected chi connectivity index (χ0v) is 12.7. The van der Waals surface area contributed by atoms with Gasteiger partial charge in [0.05, 0.1) is 0 Å². The summed E-state index contributed by atoms with van der Waals surface area (Å²) >= 11 is 5.99. The van der Waals surface area contributed by atoms with Gasteiger partial charge in [-0.1, -0.05) is 11.6 Å². The smallest absolute Gasteiger partial charge is 0.282 e. The first-order valence-electron chi connectivity index (χ1n) is 6.74. The lowest BCUT2D eigenvalue weighted by atomic mass is 10.2. The highest BCUT2D eigenvalue weighted by Crippen LogP contribution is 2.28. The molecule has 5 nitrogen and oxygen atoms in total. The molecule has 1 fully saturated rings. The van der Waals surface area contributed by atoms with Crippen molar-refractivity contribution in [3.8, 4) is 5.75 Å². The predicted octanol–water partition coefficient (Wildman–Crippen LogP) is 1.88. The largest absolute Gasteiger partial charge is 0.492 e. The van der Waals surface area contributed by atoms with Gasteiger partial charge in [0.2, 0.25) is 0 Å². The number of nitrogens with zero attached hydrogens (tertiary/aromatic N) is 2. The molecule has 2 aliphatic heterocycles. The Morgan fingerprint density at radius 1 is 1.10 bits per heavy atom. The van der Waals surface area contributed by atoms with Crippen LogP contribution in [0, 0.1) is 0 Å². The molecule has 1 aromatic rings. The van der Waals surface area contributed by atoms with Crippen LogP contribution in [0.25, 0.3) is 0 Å². The van der Waals surface area contributed by atoms with Crippen LogP contribution < -0.4 is 4.74 Å². The average molecular weight is 317 g/mol. The summed E-state index contributed by atoms with van der Waals surface area (Å²) in [6, 6.07) is 5.32. The Morgan fingerprint density at radius 3 is 2.60 bits per heavy atom. The van der Waals surface area contributed by atoms with Crippen LogP contribution in [0.4, 0.5) is 0 Å². The van der Waals surface area contributed by atoms with Crippen LogP contribution in [0.1, 0.15) is 18.4 Å². The fraction of sp³-hybridized carbons (Fsp3) is 0.538. The molecule has 3 rings (SSSR count). The molecule has 7 heteroatoms. The molecule has 0 bridgehead atoms. The molecule has 0 saturated carbocycles. The highest BCUT2D eigenvalue weighted by molar-refractivity contribution is 7.86. The van der Waals surface area contributed by atoms with Crippen molar-refractivity contribution in [2.45, 2.75) is 19.4 Å². The molecule has 0 radical (unpaired) electrons. The van der Waals surface area contributed by atoms with Crippen molar-refractivity contribution >= 4 is 21.8 Å². The third kappa shape index (κ3) is 2.65. The molecule has 20 heavy (non-hydrogen) atoms. The van der Waals surface area contributed by atoms with Crippen LogP contribution in [0.5, 0.6) is 5.75 Å². The number of benzene rings is 1. The number of halogens is 1. The van der Waals surface area contributed by atoms with E-state index in [9.17, 15) is 8.42 Å². The maximum atomic E-state index is 12.6. The Morgan fingerprint density at radius 2 is 1.85 bits per heavy atom. The van der Waals surface area contributed by atoms with Gasteiger partial charge in [-0.15, -0.1) is 0 Å². The summed E-state index contributed by atoms with van der Waals surface area (Å²) in [6.07, 6.45) is 1.87. The van der Waals surface area contributed by atoms with Crippen molar-refractivity contribution in [3.05, 3.63) is 28.8 Å². The Balaban J connectivity index is 1.88. The quantitative estimate of drug-likeness (QED) is 0.837. The van der Waals surface area contributed by atoms with Gasteiger partial charge in [-0.05, 0) is 31.0 Å². The molecule has 1 aromatic carbocycles. The lowest BCUT2D eigenvalue weighted by Crippen LogP contribution is -2.43. The van der Waals surface area contributed by atoms with E-state index in [0.717, 1.165) is 18.4 Å². The molecule has 2 heterocycles. The van der Waals surface area contributed by atoms with Crippen molar-refractivity contribution in [1.82, 2.24) is 8.61 Å². The zero-order valence-electron chi connectivity index (χ0n) is 11.1. The molecule has 1 saturated heterocycles. The summed E-state index contributed by atoms with van der Waals surface area (Å²) in [5.74, 6) is 0.716. The first-order valence-corrected chi connectivity index (χ1v) is 8.51. The topological polar surface area (TPSA) is 49.9 Å². The van der Waals surface area contributed by atoms with Gasteiger partial charge in [0.1, 0.15) is 12.4 Å². The molecule has 0 aliphatic carbocycles. The lowest BCUT2D eigenvalue weighted by Gasteiger charge is -2.25. The summed E-state index contributed by atoms with van der Waals surface area (Å²) in [4.78, 5) is 0. The van der Waals surface area contributed by atoms with Crippen LogP contribution in [-0.4, -0.2) is 43.3 Å². The SMILES string of the molecule is O=S(=O)(N1CCCC1)N1CCOc2ccc(Cl)cc2C1. The average Bonchev–Trinajstić information content (AvgIpc) is 2.86. The number of ether oxygens (including phenoxy) is 1. The third-order valence-corrected chi connectivity index (χ3v) is 5.90. The first-order chi connectivity index (χ1) is 9.57. The van der Waals surface area contributed by atoms with E-state index in [-0.39, 0.29) is 0 Å². The van der Waals surface area contributed by atoms with Crippen molar-refractivity contribution in [1.29, 1.82) is 0 Å². The molecular weight excluding hydrogens is 300 g/mol. The third-order valence-electron chi connectivity index (χ3n) is 3.69. The second-order valence-electron chi connectivity index (χ2n) is 5.05. The minimum Gasteiger partial charge on any atom is -0.492 e. The number of hydrogen-bond acceptors (Lipinski definition) is 3. The molecule has 2 aliphatic rings. The van der Waals surface area contributed by atoms with Gasteiger partial charge in [-0.25, -0.2) is 0 Å². The van der Waals surface area contributed by atoms with Crippen molar-refractivity contribution in [2.24, 2.45) is 0 Å². The van der Waals surface area contributed by atoms with Crippen molar-refractivity contribution in [2.75, 3.05) is 26.2 Å². The van der Waals surface area contributed by atoms with E-state index in [2.05, 4.69) is 0 Å². The van der Waals surface area contributed by atoms with Gasteiger partial charge in [0, 0.05) is 36.8 Å². The van der Waals surface area contributed by atoms with Crippen LogP contribution in [-0.2, 0) is 16.8 Å². The van der Waals surface area contributed by atoms with E-state index < -0.39 is 10.2 Å². The fourth-order valence-electron chi connectivity index (χ4n) is 2.62. The number of fused-ring (bicyclic) bond motifs is 1. The standard InChI is InChI=1S/C13H17ClN2O3S/c14-12-3-4-13-11(9-12)10-16(7-8-19-13)20(17,18)15-5-1-2-6-15/h3-4,9H,1-2,5-8,10H2. The molecule has 0 aromatic heterocycles. The van der Waals surface area contributed by atoms with Gasteiger partial charge < -0.3 is 4.74 Å². The van der Waals surface area contributed by atoms with E-state index in [1.807, 2.05) is 0 Å². The van der Waals surface area contributed by atoms with E-state index in [1.165, 1.54) is 4.31 Å². The van der Waals surface area contributed by atoms with E-state index >= 15 is 0 Å². The van der Waals surface area contributed by atoms with Gasteiger partial charge in [0.25, 0.3) is 10.2 Å². The van der Waals surface area contributed by atoms with Crippen molar-refractivity contribution < 1.29 is 13.2 Å². The first kappa shape index (κ1) is 14.1. The van der Waals surface area contributed by atoms with Crippen LogP contribution in [0.3, 0.4) is 0 Å². The molecule has 0 spiro atoms. The zero-order chi connectivity index (χ0) is 14.2. The molecular formula is C13H17ClN2O3S. The summed E-state index contributed by atoms with van der Waals surface area (Å²) in [5.41, 5.74) is 0.817. The Bertz CT molecular complexity index is 600. The fourth-order valence-corrected chi connectivity index (χ4v) is 4.47. The lowest BCUT2D eigenvalue weighted by molar-refractivity contribution is 0.283. The minimum absolute atomic E-state index is 0.314. The van der Waals surface area contributed by atoms with Gasteiger partial charge >= 0.3 is 0 Å². The van der Waals surface area contributed by atoms with Gasteiger partial charge in [-0.2, -0.15) is 17.0 Å². The summed E-state index contributed by atoms with van der Waals surface area (Å²) < 4.78 is 33.9. The van der Waals surface area contributed by atoms with Gasteiger partial charge in [-0.3, -0.25) is 0 Å². The molecule has 110 valence electrons. The van der Waals surface area contributed by atoms with E-state index in [4.69, 9.17) is 16.3 Å². The second-order valence-corrected chi connectivity index (χ2v) is 7.41. The highest BCUT2D eigenvalue weighted by Gasteiger charge is 2.33. The predicted molar refractivity (Wildman–Crippen MR) is 77.1 cm³/mol. The summed E-state index contributed by atoms with van der Waals surface area (Å²) in [6.45, 7) is 2.27. The molecule has 0 atom stereocenters. The van der Waals surface area contributed by atoms with E-state index in [0.29, 0.717) is 43.6 Å². The van der Waals surface area contributed by atoms with E-state index in [1.54, 1.807) is 22.5 Å². The maximum Gasteiger partial charge on any atom is 0.282 e. The van der Waals surface area contributed by atoms with Gasteiger partial charge in [0.15, 0.2) is 0 Å². The minimum atomic E-state index is -3.40. The van der Waals surface area contributed by atoms with Crippen molar-refractivity contribution in [3.63, 3.8) is 0 Å². The Labute approximate surface area is 124 Å². The molecule has 0 N–H and O–H groups in total. The van der Waals surface area contributed by atoms with Crippen LogP contribution in [0.15, 0.2) is 18.2 Å². The maximum absolute atomic E-state index is 12.6. The monoisotopic (exact) mass is 316 g/mol.